The van der Waals surface area contributed by atoms with E-state index in [2.05, 4.69) is 12.1 Å². The van der Waals surface area contributed by atoms with Gasteiger partial charge in [0.1, 0.15) is 0 Å². The number of ether oxygens (including phenoxy) is 2. The first kappa shape index (κ1) is 24.3. The quantitative estimate of drug-likeness (QED) is 0.463. The Morgan fingerprint density at radius 1 is 1.09 bits per heavy atom. The molecule has 1 fully saturated rings. The Morgan fingerprint density at radius 3 is 2.31 bits per heavy atom. The van der Waals surface area contributed by atoms with Gasteiger partial charge in [-0.15, -0.1) is 0 Å². The van der Waals surface area contributed by atoms with Crippen LogP contribution in [0, 0.1) is 5.92 Å². The molecule has 32 heavy (non-hydrogen) atoms. The van der Waals surface area contributed by atoms with Crippen LogP contribution in [0.25, 0.3) is 0 Å². The second-order valence-corrected chi connectivity index (χ2v) is 10.9. The maximum atomic E-state index is 13.3. The molecule has 2 aromatic rings. The van der Waals surface area contributed by atoms with Crippen LogP contribution in [0.2, 0.25) is 4.82 Å². The second kappa shape index (κ2) is 11.5. The molecule has 4 atom stereocenters. The molecular formula is C25H31NO5Se. The van der Waals surface area contributed by atoms with Crippen molar-refractivity contribution in [3.05, 3.63) is 66.2 Å². The topological polar surface area (TPSA) is 76.1 Å². The van der Waals surface area contributed by atoms with Gasteiger partial charge in [-0.1, -0.05) is 0 Å². The molecule has 1 aliphatic heterocycles. The number of benzene rings is 2. The van der Waals surface area contributed by atoms with Crippen molar-refractivity contribution in [3.63, 3.8) is 0 Å². The van der Waals surface area contributed by atoms with Gasteiger partial charge in [0.15, 0.2) is 0 Å². The average Bonchev–Trinajstić information content (AvgIpc) is 2.80. The zero-order chi connectivity index (χ0) is 23.1. The molecule has 1 saturated heterocycles. The van der Waals surface area contributed by atoms with Gasteiger partial charge in [0, 0.05) is 0 Å². The third-order valence-electron chi connectivity index (χ3n) is 5.69. The van der Waals surface area contributed by atoms with E-state index in [1.807, 2.05) is 62.4 Å². The zero-order valence-electron chi connectivity index (χ0n) is 18.7. The number of nitrogens with zero attached hydrogens (tertiary/aromatic N) is 1. The number of piperidine rings is 1. The molecule has 172 valence electrons. The average molecular weight is 504 g/mol. The fourth-order valence-corrected chi connectivity index (χ4v) is 7.29. The Hall–Kier alpha value is -2.34. The number of hydrogen-bond acceptors (Lipinski definition) is 5. The van der Waals surface area contributed by atoms with Gasteiger partial charge in [-0.25, -0.2) is 0 Å². The number of aliphatic hydroxyl groups excluding tert-OH is 1. The van der Waals surface area contributed by atoms with Gasteiger partial charge in [-0.3, -0.25) is 0 Å². The summed E-state index contributed by atoms with van der Waals surface area (Å²) in [7, 11) is 1.33. The molecule has 0 spiro atoms. The molecule has 3 rings (SSSR count). The molecule has 1 heterocycles. The van der Waals surface area contributed by atoms with E-state index in [1.165, 1.54) is 11.6 Å². The number of carbonyl (C=O) groups is 2. The first-order valence-corrected chi connectivity index (χ1v) is 12.7. The third-order valence-corrected chi connectivity index (χ3v) is 8.65. The van der Waals surface area contributed by atoms with Crippen LogP contribution < -0.4 is 4.46 Å². The molecule has 0 unspecified atom stereocenters. The van der Waals surface area contributed by atoms with Crippen molar-refractivity contribution in [2.45, 2.75) is 56.3 Å². The molecule has 0 radical (unpaired) electrons. The van der Waals surface area contributed by atoms with Gasteiger partial charge in [-0.05, 0) is 0 Å². The number of amides is 1. The number of rotatable bonds is 7. The van der Waals surface area contributed by atoms with Crippen LogP contribution in [0.5, 0.6) is 0 Å². The fourth-order valence-electron chi connectivity index (χ4n) is 4.18. The Labute approximate surface area is 196 Å². The molecule has 7 heteroatoms. The number of likely N-dealkylation sites (tertiary alicyclic amines) is 1. The van der Waals surface area contributed by atoms with Crippen LogP contribution in [0.3, 0.4) is 0 Å². The molecule has 0 saturated carbocycles. The zero-order valence-corrected chi connectivity index (χ0v) is 20.4. The number of esters is 1. The van der Waals surface area contributed by atoms with Crippen molar-refractivity contribution in [2.75, 3.05) is 7.11 Å². The number of aliphatic hydroxyl groups is 1. The fraction of sp³-hybridized carbons (Fsp3) is 0.440. The van der Waals surface area contributed by atoms with Crippen molar-refractivity contribution < 1.29 is 24.2 Å². The first-order valence-electron chi connectivity index (χ1n) is 10.9. The Balaban J connectivity index is 1.87. The van der Waals surface area contributed by atoms with Crippen molar-refractivity contribution in [1.82, 2.24) is 4.90 Å². The summed E-state index contributed by atoms with van der Waals surface area (Å²) in [6, 6.07) is 18.8. The molecular weight excluding hydrogens is 473 g/mol. The maximum absolute atomic E-state index is 13.3. The van der Waals surface area contributed by atoms with Gasteiger partial charge < -0.3 is 0 Å². The number of carbonyl (C=O) groups excluding carboxylic acids is 2. The van der Waals surface area contributed by atoms with Crippen LogP contribution in [0.1, 0.15) is 32.3 Å². The summed E-state index contributed by atoms with van der Waals surface area (Å²) in [6.07, 6.45) is -0.724. The van der Waals surface area contributed by atoms with E-state index in [9.17, 15) is 14.7 Å². The van der Waals surface area contributed by atoms with Crippen molar-refractivity contribution in [2.24, 2.45) is 5.92 Å². The van der Waals surface area contributed by atoms with Gasteiger partial charge in [0.2, 0.25) is 0 Å². The Kier molecular flexibility index (Phi) is 8.74. The van der Waals surface area contributed by atoms with E-state index in [0.29, 0.717) is 6.42 Å². The van der Waals surface area contributed by atoms with Crippen molar-refractivity contribution in [1.29, 1.82) is 0 Å². The predicted molar refractivity (Wildman–Crippen MR) is 124 cm³/mol. The van der Waals surface area contributed by atoms with Crippen molar-refractivity contribution >= 4 is 31.5 Å². The van der Waals surface area contributed by atoms with E-state index in [-0.39, 0.29) is 44.8 Å². The standard InChI is InChI=1S/C25H31NO5Se/c1-17(2)23-24(32-20-12-8-5-9-13-20)21(27)14-19(15-22(28)30-3)26(23)25(29)31-16-18-10-6-4-7-11-18/h4-13,17,19,21,23-24,27H,14-16H2,1-3H3/t19-,21+,23-,24+/m0/s1. The summed E-state index contributed by atoms with van der Waals surface area (Å²) in [4.78, 5) is 27.0. The number of hydrogen-bond donors (Lipinski definition) is 1. The monoisotopic (exact) mass is 505 g/mol. The SMILES string of the molecule is COC(=O)C[C@@H]1C[C@@H](O)[C@@H]([Se]c2ccccc2)[C@H](C(C)C)N1C(=O)OCc1ccccc1. The number of methoxy groups -OCH3 is 1. The summed E-state index contributed by atoms with van der Waals surface area (Å²) < 4.78 is 11.7. The van der Waals surface area contributed by atoms with Crippen molar-refractivity contribution in [3.8, 4) is 0 Å². The summed E-state index contributed by atoms with van der Waals surface area (Å²) in [6.45, 7) is 4.25. The van der Waals surface area contributed by atoms with E-state index >= 15 is 0 Å². The first-order chi connectivity index (χ1) is 15.4. The van der Waals surface area contributed by atoms with Gasteiger partial charge in [0.25, 0.3) is 0 Å². The summed E-state index contributed by atoms with van der Waals surface area (Å²) >= 11 is -0.0518. The minimum atomic E-state index is -0.615. The molecule has 1 amide bonds. The molecule has 1 N–H and O–H groups in total. The van der Waals surface area contributed by atoms with Crippen LogP contribution in [-0.2, 0) is 20.9 Å². The normalized spacial score (nSPS) is 23.1. The molecule has 2 aromatic carbocycles. The van der Waals surface area contributed by atoms with E-state index < -0.39 is 24.2 Å². The van der Waals surface area contributed by atoms with Gasteiger partial charge in [0.05, 0.1) is 0 Å². The molecule has 6 nitrogen and oxygen atoms in total. The predicted octanol–water partition coefficient (Wildman–Crippen LogP) is 3.16. The minimum absolute atomic E-state index is 0.0300. The van der Waals surface area contributed by atoms with Gasteiger partial charge in [-0.2, -0.15) is 0 Å². The molecule has 0 aliphatic carbocycles. The molecule has 0 bridgehead atoms. The Morgan fingerprint density at radius 2 is 1.72 bits per heavy atom. The summed E-state index contributed by atoms with van der Waals surface area (Å²) in [5, 5.41) is 11.1. The van der Waals surface area contributed by atoms with E-state index in [0.717, 1.165) is 5.56 Å². The molecule has 0 aromatic heterocycles. The second-order valence-electron chi connectivity index (χ2n) is 8.31. The van der Waals surface area contributed by atoms with Crippen LogP contribution in [-0.4, -0.2) is 62.3 Å². The van der Waals surface area contributed by atoms with Crippen LogP contribution in [0.4, 0.5) is 4.79 Å². The third kappa shape index (κ3) is 6.12. The summed E-state index contributed by atoms with van der Waals surface area (Å²) in [5.74, 6) is -0.331. The van der Waals surface area contributed by atoms with Gasteiger partial charge >= 0.3 is 196 Å². The Bertz CT molecular complexity index is 876. The summed E-state index contributed by atoms with van der Waals surface area (Å²) in [5.41, 5.74) is 0.897. The van der Waals surface area contributed by atoms with Crippen LogP contribution >= 0.6 is 0 Å². The van der Waals surface area contributed by atoms with E-state index in [1.54, 1.807) is 4.90 Å². The van der Waals surface area contributed by atoms with E-state index in [4.69, 9.17) is 9.47 Å². The molecule has 1 aliphatic rings. The van der Waals surface area contributed by atoms with Crippen LogP contribution in [0.15, 0.2) is 60.7 Å².